The van der Waals surface area contributed by atoms with E-state index in [1.54, 1.807) is 43.5 Å². The lowest BCUT2D eigenvalue weighted by Crippen LogP contribution is -2.15. The maximum atomic E-state index is 13.7. The maximum absolute atomic E-state index is 13.7. The molecule has 0 saturated carbocycles. The van der Waals surface area contributed by atoms with Crippen LogP contribution in [-0.2, 0) is 11.2 Å². The van der Waals surface area contributed by atoms with Gasteiger partial charge in [-0.3, -0.25) is 4.79 Å². The van der Waals surface area contributed by atoms with E-state index in [2.05, 4.69) is 0 Å². The Bertz CT molecular complexity index is 593. The zero-order chi connectivity index (χ0) is 14.5. The highest BCUT2D eigenvalue weighted by Gasteiger charge is 2.23. The predicted octanol–water partition coefficient (Wildman–Crippen LogP) is 3.25. The van der Waals surface area contributed by atoms with Crippen LogP contribution in [0.2, 0.25) is 0 Å². The molecule has 3 nitrogen and oxygen atoms in total. The Kier molecular flexibility index (Phi) is 4.35. The first kappa shape index (κ1) is 14.1. The molecule has 4 heteroatoms. The highest BCUT2D eigenvalue weighted by atomic mass is 19.1. The minimum Gasteiger partial charge on any atom is -0.497 e. The molecule has 2 aromatic carbocycles. The Balaban J connectivity index is 2.26. The Morgan fingerprint density at radius 2 is 1.85 bits per heavy atom. The normalized spacial score (nSPS) is 11.9. The van der Waals surface area contributed by atoms with Crippen LogP contribution in [0.3, 0.4) is 0 Å². The van der Waals surface area contributed by atoms with Crippen molar-refractivity contribution in [3.05, 3.63) is 65.5 Å². The molecule has 0 amide bonds. The molecule has 0 radical (unpaired) electrons. The summed E-state index contributed by atoms with van der Waals surface area (Å²) in [6.45, 7) is 0. The molecule has 0 aromatic heterocycles. The van der Waals surface area contributed by atoms with Gasteiger partial charge in [0.25, 0.3) is 0 Å². The largest absolute Gasteiger partial charge is 0.497 e. The molecule has 0 bridgehead atoms. The minimum atomic E-state index is -1.04. The van der Waals surface area contributed by atoms with Gasteiger partial charge >= 0.3 is 5.97 Å². The third-order valence-corrected chi connectivity index (χ3v) is 3.18. The van der Waals surface area contributed by atoms with Crippen LogP contribution in [0.5, 0.6) is 5.75 Å². The second kappa shape index (κ2) is 6.19. The van der Waals surface area contributed by atoms with Crippen LogP contribution >= 0.6 is 0 Å². The molecular formula is C16H15FO3. The summed E-state index contributed by atoms with van der Waals surface area (Å²) in [5, 5.41) is 9.32. The van der Waals surface area contributed by atoms with Crippen molar-refractivity contribution in [2.75, 3.05) is 7.11 Å². The molecule has 2 rings (SSSR count). The highest BCUT2D eigenvalue weighted by Crippen LogP contribution is 2.24. The van der Waals surface area contributed by atoms with Crippen LogP contribution in [0.4, 0.5) is 4.39 Å². The summed E-state index contributed by atoms with van der Waals surface area (Å²) >= 11 is 0. The first-order chi connectivity index (χ1) is 9.61. The zero-order valence-corrected chi connectivity index (χ0v) is 11.0. The summed E-state index contributed by atoms with van der Waals surface area (Å²) in [7, 11) is 1.56. The van der Waals surface area contributed by atoms with E-state index in [1.165, 1.54) is 12.1 Å². The van der Waals surface area contributed by atoms with Gasteiger partial charge in [-0.05, 0) is 30.2 Å². The highest BCUT2D eigenvalue weighted by molar-refractivity contribution is 5.76. The van der Waals surface area contributed by atoms with Crippen LogP contribution in [0.25, 0.3) is 0 Å². The van der Waals surface area contributed by atoms with Gasteiger partial charge in [-0.2, -0.15) is 0 Å². The van der Waals surface area contributed by atoms with Crippen LogP contribution in [0.15, 0.2) is 48.5 Å². The van der Waals surface area contributed by atoms with E-state index >= 15 is 0 Å². The summed E-state index contributed by atoms with van der Waals surface area (Å²) < 4.78 is 18.8. The summed E-state index contributed by atoms with van der Waals surface area (Å²) in [6, 6.07) is 13.1. The van der Waals surface area contributed by atoms with E-state index in [1.807, 2.05) is 0 Å². The minimum absolute atomic E-state index is 0.204. The van der Waals surface area contributed by atoms with Crippen molar-refractivity contribution < 1.29 is 19.0 Å². The van der Waals surface area contributed by atoms with Crippen LogP contribution in [-0.4, -0.2) is 18.2 Å². The van der Waals surface area contributed by atoms with Crippen LogP contribution < -0.4 is 4.74 Å². The van der Waals surface area contributed by atoms with Crippen molar-refractivity contribution in [2.24, 2.45) is 0 Å². The van der Waals surface area contributed by atoms with Gasteiger partial charge in [0.1, 0.15) is 11.6 Å². The monoisotopic (exact) mass is 274 g/mol. The van der Waals surface area contributed by atoms with Crippen molar-refractivity contribution in [1.82, 2.24) is 0 Å². The Morgan fingerprint density at radius 1 is 1.20 bits per heavy atom. The van der Waals surface area contributed by atoms with E-state index in [-0.39, 0.29) is 12.0 Å². The number of hydrogen-bond acceptors (Lipinski definition) is 2. The molecule has 0 fully saturated rings. The summed E-state index contributed by atoms with van der Waals surface area (Å²) in [6.07, 6.45) is 0.236. The van der Waals surface area contributed by atoms with Gasteiger partial charge in [0, 0.05) is 5.56 Å². The third kappa shape index (κ3) is 3.15. The van der Waals surface area contributed by atoms with E-state index in [0.717, 1.165) is 5.56 Å². The van der Waals surface area contributed by atoms with Gasteiger partial charge in [-0.25, -0.2) is 4.39 Å². The summed E-state index contributed by atoms with van der Waals surface area (Å²) in [5.74, 6) is -1.73. The average molecular weight is 274 g/mol. The van der Waals surface area contributed by atoms with Crippen molar-refractivity contribution in [3.63, 3.8) is 0 Å². The first-order valence-corrected chi connectivity index (χ1v) is 6.22. The molecule has 1 N–H and O–H groups in total. The molecule has 104 valence electrons. The number of halogens is 1. The van der Waals surface area contributed by atoms with Gasteiger partial charge in [-0.1, -0.05) is 30.3 Å². The number of carboxylic acids is 1. The number of carboxylic acid groups (broad SMARTS) is 1. The molecule has 0 heterocycles. The molecule has 2 aromatic rings. The van der Waals surface area contributed by atoms with Crippen molar-refractivity contribution >= 4 is 5.97 Å². The molecule has 0 aliphatic heterocycles. The molecule has 1 atom stereocenters. The summed E-state index contributed by atoms with van der Waals surface area (Å²) in [4.78, 5) is 11.4. The average Bonchev–Trinajstić information content (AvgIpc) is 2.46. The predicted molar refractivity (Wildman–Crippen MR) is 73.5 cm³/mol. The molecule has 0 saturated heterocycles. The van der Waals surface area contributed by atoms with Crippen LogP contribution in [0, 0.1) is 5.82 Å². The van der Waals surface area contributed by atoms with Gasteiger partial charge in [-0.15, -0.1) is 0 Å². The van der Waals surface area contributed by atoms with Crippen LogP contribution in [0.1, 0.15) is 17.0 Å². The van der Waals surface area contributed by atoms with Crippen molar-refractivity contribution in [1.29, 1.82) is 0 Å². The number of ether oxygens (including phenoxy) is 1. The number of aliphatic carboxylic acids is 1. The molecule has 0 aliphatic carbocycles. The fraction of sp³-hybridized carbons (Fsp3) is 0.188. The first-order valence-electron chi connectivity index (χ1n) is 6.22. The van der Waals surface area contributed by atoms with Crippen molar-refractivity contribution in [2.45, 2.75) is 12.3 Å². The Morgan fingerprint density at radius 3 is 2.40 bits per heavy atom. The van der Waals surface area contributed by atoms with E-state index < -0.39 is 17.7 Å². The van der Waals surface area contributed by atoms with Crippen molar-refractivity contribution in [3.8, 4) is 5.75 Å². The lowest BCUT2D eigenvalue weighted by Gasteiger charge is -2.14. The van der Waals surface area contributed by atoms with E-state index in [0.29, 0.717) is 5.75 Å². The SMILES string of the molecule is COc1ccc(CC(C(=O)O)c2ccccc2F)cc1. The third-order valence-electron chi connectivity index (χ3n) is 3.18. The van der Waals surface area contributed by atoms with E-state index in [9.17, 15) is 14.3 Å². The fourth-order valence-electron chi connectivity index (χ4n) is 2.09. The second-order valence-electron chi connectivity index (χ2n) is 4.46. The number of benzene rings is 2. The lowest BCUT2D eigenvalue weighted by atomic mass is 9.91. The summed E-state index contributed by atoms with van der Waals surface area (Å²) in [5.41, 5.74) is 1.03. The molecule has 20 heavy (non-hydrogen) atoms. The second-order valence-corrected chi connectivity index (χ2v) is 4.46. The smallest absolute Gasteiger partial charge is 0.311 e. The number of hydrogen-bond donors (Lipinski definition) is 1. The fourth-order valence-corrected chi connectivity index (χ4v) is 2.09. The number of rotatable bonds is 5. The Labute approximate surface area is 116 Å². The van der Waals surface area contributed by atoms with Gasteiger partial charge in [0.15, 0.2) is 0 Å². The molecular weight excluding hydrogens is 259 g/mol. The number of carbonyl (C=O) groups is 1. The maximum Gasteiger partial charge on any atom is 0.311 e. The van der Waals surface area contributed by atoms with Gasteiger partial charge in [0.2, 0.25) is 0 Å². The number of methoxy groups -OCH3 is 1. The molecule has 0 spiro atoms. The van der Waals surface area contributed by atoms with Gasteiger partial charge < -0.3 is 9.84 Å². The zero-order valence-electron chi connectivity index (χ0n) is 11.0. The Hall–Kier alpha value is -2.36. The molecule has 0 aliphatic rings. The van der Waals surface area contributed by atoms with Gasteiger partial charge in [0.05, 0.1) is 13.0 Å². The molecule has 1 unspecified atom stereocenters. The lowest BCUT2D eigenvalue weighted by molar-refractivity contribution is -0.138. The topological polar surface area (TPSA) is 46.5 Å². The van der Waals surface area contributed by atoms with E-state index in [4.69, 9.17) is 4.74 Å². The quantitative estimate of drug-likeness (QED) is 0.910. The standard InChI is InChI=1S/C16H15FO3/c1-20-12-8-6-11(7-9-12)10-14(16(18)19)13-4-2-3-5-15(13)17/h2-9,14H,10H2,1H3,(H,18,19).